The maximum Gasteiger partial charge on any atom is 0.335 e. The van der Waals surface area contributed by atoms with E-state index in [-0.39, 0.29) is 34.0 Å². The lowest BCUT2D eigenvalue weighted by molar-refractivity contribution is -0.374. The van der Waals surface area contributed by atoms with Crippen LogP contribution in [-0.4, -0.2) is 127 Å². The third-order valence-electron chi connectivity index (χ3n) is 17.6. The smallest absolute Gasteiger partial charge is 0.335 e. The fourth-order valence-corrected chi connectivity index (χ4v) is 13.9. The van der Waals surface area contributed by atoms with E-state index in [0.717, 1.165) is 44.9 Å². The zero-order chi connectivity index (χ0) is 41.1. The molecular weight excluding hydrogens is 728 g/mol. The number of aliphatic hydroxyl groups is 6. The van der Waals surface area contributed by atoms with E-state index in [0.29, 0.717) is 24.7 Å². The van der Waals surface area contributed by atoms with Crippen molar-refractivity contribution >= 4 is 11.9 Å². The molecule has 0 spiro atoms. The maximum absolute atomic E-state index is 13.1. The quantitative estimate of drug-likeness (QED) is 0.137. The van der Waals surface area contributed by atoms with Crippen molar-refractivity contribution in [2.45, 2.75) is 174 Å². The summed E-state index contributed by atoms with van der Waals surface area (Å²) in [5, 5.41) is 83.9. The molecule has 6 fully saturated rings. The van der Waals surface area contributed by atoms with E-state index in [4.69, 9.17) is 18.9 Å². The highest BCUT2D eigenvalue weighted by molar-refractivity contribution is 5.77. The van der Waals surface area contributed by atoms with Crippen LogP contribution in [0.3, 0.4) is 0 Å². The summed E-state index contributed by atoms with van der Waals surface area (Å²) in [7, 11) is 0. The second kappa shape index (κ2) is 14.5. The van der Waals surface area contributed by atoms with E-state index in [1.807, 2.05) is 0 Å². The molecule has 0 aromatic heterocycles. The number of aliphatic hydroxyl groups excluding tert-OH is 6. The number of hydrogen-bond acceptors (Lipinski definition) is 12. The Labute approximate surface area is 329 Å². The van der Waals surface area contributed by atoms with Crippen LogP contribution in [0.25, 0.3) is 0 Å². The number of aliphatic carboxylic acids is 2. The number of carboxylic acid groups (broad SMARTS) is 2. The van der Waals surface area contributed by atoms with Gasteiger partial charge in [0.25, 0.3) is 0 Å². The Balaban J connectivity index is 1.16. The Hall–Kier alpha value is -1.72. The van der Waals surface area contributed by atoms with Crippen molar-refractivity contribution in [1.82, 2.24) is 0 Å². The standard InChI is InChI=1S/C42H66O14/c1-19-10-15-42(37(51)52)17-16-40(6)21(26(42)20(19)2)8-9-24-39(5)13-12-25(38(3,4)23(39)11-14-41(24,40)7)54-36-33(30(47)29(46)32(55-36)34(49)50)56-35-31(48)28(45)27(44)22(18-43)53-35/h8,19-20,22-33,35-36,43-48H,9-18H2,1-7H3,(H,49,50)(H,51,52). The van der Waals surface area contributed by atoms with Gasteiger partial charge in [-0.25, -0.2) is 4.79 Å². The molecule has 14 heteroatoms. The predicted molar refractivity (Wildman–Crippen MR) is 198 cm³/mol. The van der Waals surface area contributed by atoms with Crippen LogP contribution >= 0.6 is 0 Å². The number of rotatable bonds is 7. The molecule has 56 heavy (non-hydrogen) atoms. The minimum Gasteiger partial charge on any atom is -0.481 e. The van der Waals surface area contributed by atoms with Crippen LogP contribution < -0.4 is 0 Å². The topological polar surface area (TPSA) is 233 Å². The summed E-state index contributed by atoms with van der Waals surface area (Å²) in [5.74, 6) is -0.929. The van der Waals surface area contributed by atoms with Gasteiger partial charge in [0.15, 0.2) is 18.7 Å². The largest absolute Gasteiger partial charge is 0.481 e. The molecule has 20 unspecified atom stereocenters. The van der Waals surface area contributed by atoms with Crippen LogP contribution in [-0.2, 0) is 28.5 Å². The normalized spacial score (nSPS) is 54.1. The number of carboxylic acids is 2. The summed E-state index contributed by atoms with van der Waals surface area (Å²) in [6, 6.07) is 0. The molecule has 0 bridgehead atoms. The zero-order valence-corrected chi connectivity index (χ0v) is 33.9. The Bertz CT molecular complexity index is 1550. The van der Waals surface area contributed by atoms with Crippen molar-refractivity contribution in [3.63, 3.8) is 0 Å². The van der Waals surface area contributed by atoms with Gasteiger partial charge >= 0.3 is 11.9 Å². The molecule has 2 saturated heterocycles. The SMILES string of the molecule is CC1CCC2(C(=O)O)CCC3(C)C(=CCC4C5(C)CCC(OC6OC(C(=O)O)C(O)C(O)C6OC6OC(CO)C(O)C(O)C6O)C(C)(C)C5CCC43C)C2C1C. The van der Waals surface area contributed by atoms with Gasteiger partial charge in [0.1, 0.15) is 42.7 Å². The van der Waals surface area contributed by atoms with E-state index in [1.165, 1.54) is 5.57 Å². The molecule has 8 N–H and O–H groups in total. The molecule has 0 radical (unpaired) electrons. The second-order valence-electron chi connectivity index (χ2n) is 20.1. The van der Waals surface area contributed by atoms with Crippen molar-refractivity contribution in [3.8, 4) is 0 Å². The highest BCUT2D eigenvalue weighted by Gasteiger charge is 2.70. The molecule has 20 atom stereocenters. The zero-order valence-electron chi connectivity index (χ0n) is 33.9. The summed E-state index contributed by atoms with van der Waals surface area (Å²) < 4.78 is 24.0. The number of allylic oxidation sites excluding steroid dienone is 2. The van der Waals surface area contributed by atoms with Crippen molar-refractivity contribution in [1.29, 1.82) is 0 Å². The van der Waals surface area contributed by atoms with Crippen LogP contribution in [0.4, 0.5) is 0 Å². The number of fused-ring (bicyclic) bond motifs is 7. The van der Waals surface area contributed by atoms with E-state index in [2.05, 4.69) is 54.5 Å². The number of hydrogen-bond donors (Lipinski definition) is 8. The molecule has 318 valence electrons. The summed E-state index contributed by atoms with van der Waals surface area (Å²) in [6.45, 7) is 15.4. The average molecular weight is 795 g/mol. The van der Waals surface area contributed by atoms with Crippen LogP contribution in [0.5, 0.6) is 0 Å². The van der Waals surface area contributed by atoms with E-state index >= 15 is 0 Å². The summed E-state index contributed by atoms with van der Waals surface area (Å²) in [4.78, 5) is 25.3. The lowest BCUT2D eigenvalue weighted by Gasteiger charge is -2.71. The molecule has 0 amide bonds. The Morgan fingerprint density at radius 1 is 0.768 bits per heavy atom. The summed E-state index contributed by atoms with van der Waals surface area (Å²) >= 11 is 0. The lowest BCUT2D eigenvalue weighted by atomic mass is 9.33. The minimum absolute atomic E-state index is 0.0171. The van der Waals surface area contributed by atoms with E-state index < -0.39 is 96.9 Å². The van der Waals surface area contributed by atoms with E-state index in [9.17, 15) is 50.4 Å². The first-order chi connectivity index (χ1) is 26.1. The van der Waals surface area contributed by atoms with Gasteiger partial charge in [0.05, 0.1) is 18.1 Å². The Morgan fingerprint density at radius 2 is 1.46 bits per heavy atom. The van der Waals surface area contributed by atoms with Crippen molar-refractivity contribution in [2.24, 2.45) is 56.7 Å². The first-order valence-electron chi connectivity index (χ1n) is 20.9. The Morgan fingerprint density at radius 3 is 2.11 bits per heavy atom. The van der Waals surface area contributed by atoms with Gasteiger partial charge in [0, 0.05) is 0 Å². The molecule has 0 aromatic rings. The second-order valence-corrected chi connectivity index (χ2v) is 20.1. The Kier molecular flexibility index (Phi) is 11.0. The van der Waals surface area contributed by atoms with Gasteiger partial charge in [-0.3, -0.25) is 4.79 Å². The van der Waals surface area contributed by atoms with Gasteiger partial charge in [-0.15, -0.1) is 0 Å². The lowest BCUT2D eigenvalue weighted by Crippen LogP contribution is -2.67. The fourth-order valence-electron chi connectivity index (χ4n) is 13.9. The van der Waals surface area contributed by atoms with Crippen LogP contribution in [0.2, 0.25) is 0 Å². The van der Waals surface area contributed by atoms with Crippen molar-refractivity contribution in [2.75, 3.05) is 6.61 Å². The van der Waals surface area contributed by atoms with Gasteiger partial charge in [-0.05, 0) is 109 Å². The monoisotopic (exact) mass is 794 g/mol. The molecule has 5 aliphatic carbocycles. The van der Waals surface area contributed by atoms with Gasteiger partial charge < -0.3 is 59.8 Å². The molecular formula is C42H66O14. The van der Waals surface area contributed by atoms with Crippen molar-refractivity contribution in [3.05, 3.63) is 11.6 Å². The van der Waals surface area contributed by atoms with Crippen molar-refractivity contribution < 1.29 is 69.4 Å². The third kappa shape index (κ3) is 6.01. The maximum atomic E-state index is 13.1. The molecule has 2 aliphatic heterocycles. The predicted octanol–water partition coefficient (Wildman–Crippen LogP) is 2.83. The van der Waals surface area contributed by atoms with Gasteiger partial charge in [0.2, 0.25) is 0 Å². The third-order valence-corrected chi connectivity index (χ3v) is 17.6. The van der Waals surface area contributed by atoms with E-state index in [1.54, 1.807) is 0 Å². The fraction of sp³-hybridized carbons (Fsp3) is 0.905. The van der Waals surface area contributed by atoms with Gasteiger partial charge in [-0.1, -0.05) is 60.1 Å². The average Bonchev–Trinajstić information content (AvgIpc) is 3.13. The molecule has 2 heterocycles. The van der Waals surface area contributed by atoms with Crippen LogP contribution in [0, 0.1) is 56.7 Å². The highest BCUT2D eigenvalue weighted by atomic mass is 16.8. The minimum atomic E-state index is -1.94. The molecule has 7 aliphatic rings. The molecule has 4 saturated carbocycles. The first-order valence-corrected chi connectivity index (χ1v) is 20.9. The molecule has 14 nitrogen and oxygen atoms in total. The summed E-state index contributed by atoms with van der Waals surface area (Å²) in [5.41, 5.74) is -0.168. The summed E-state index contributed by atoms with van der Waals surface area (Å²) in [6.07, 6.45) is -7.82. The number of ether oxygens (including phenoxy) is 4. The van der Waals surface area contributed by atoms with Gasteiger partial charge in [-0.2, -0.15) is 0 Å². The molecule has 7 rings (SSSR count). The highest BCUT2D eigenvalue weighted by Crippen LogP contribution is 2.76. The van der Waals surface area contributed by atoms with Crippen LogP contribution in [0.15, 0.2) is 11.6 Å². The van der Waals surface area contributed by atoms with Crippen LogP contribution in [0.1, 0.15) is 106 Å². The first kappa shape index (κ1) is 42.4. The molecule has 0 aromatic carbocycles. The number of carbonyl (C=O) groups is 2.